The van der Waals surface area contributed by atoms with Crippen LogP contribution in [0.15, 0.2) is 60.7 Å². The highest BCUT2D eigenvalue weighted by Crippen LogP contribution is 2.31. The molecule has 5 nitrogen and oxygen atoms in total. The Morgan fingerprint density at radius 2 is 1.78 bits per heavy atom. The molecule has 0 radical (unpaired) electrons. The van der Waals surface area contributed by atoms with Crippen molar-refractivity contribution in [3.05, 3.63) is 71.1 Å². The maximum absolute atomic E-state index is 12.2. The maximum atomic E-state index is 12.2. The summed E-state index contributed by atoms with van der Waals surface area (Å²) in [6.07, 6.45) is 3.13. The van der Waals surface area contributed by atoms with E-state index in [-0.39, 0.29) is 11.7 Å². The van der Waals surface area contributed by atoms with Crippen LogP contribution in [0.5, 0.6) is 5.75 Å². The van der Waals surface area contributed by atoms with Gasteiger partial charge in [-0.15, -0.1) is 0 Å². The Kier molecular flexibility index (Phi) is 5.78. The number of amides is 1. The van der Waals surface area contributed by atoms with Crippen molar-refractivity contribution in [2.24, 2.45) is 0 Å². The molecule has 2 aromatic carbocycles. The molecule has 1 heterocycles. The Morgan fingerprint density at radius 1 is 1.07 bits per heavy atom. The number of hydrogen-bond donors (Lipinski definition) is 1. The Balaban J connectivity index is 1.75. The van der Waals surface area contributed by atoms with Gasteiger partial charge in [-0.1, -0.05) is 53.8 Å². The van der Waals surface area contributed by atoms with Crippen LogP contribution in [0.3, 0.4) is 0 Å². The van der Waals surface area contributed by atoms with Crippen LogP contribution in [0.2, 0.25) is 0 Å². The second-order valence-corrected chi connectivity index (χ2v) is 6.71. The van der Waals surface area contributed by atoms with Crippen LogP contribution in [0.4, 0.5) is 5.13 Å². The monoisotopic (exact) mass is 378 g/mol. The van der Waals surface area contributed by atoms with E-state index >= 15 is 0 Å². The Morgan fingerprint density at radius 3 is 2.41 bits per heavy atom. The molecule has 0 saturated heterocycles. The summed E-state index contributed by atoms with van der Waals surface area (Å²) in [4.78, 5) is 29.1. The molecular formula is C21H18N2O3S. The number of ketones is 1. The number of methoxy groups -OCH3 is 1. The molecule has 0 fully saturated rings. The Hall–Kier alpha value is -3.25. The average Bonchev–Trinajstić information content (AvgIpc) is 3.11. The minimum atomic E-state index is -0.311. The number of thiazole rings is 1. The average molecular weight is 378 g/mol. The largest absolute Gasteiger partial charge is 0.497 e. The Labute approximate surface area is 161 Å². The van der Waals surface area contributed by atoms with E-state index in [1.54, 1.807) is 13.2 Å². The molecule has 1 amide bonds. The molecule has 3 aromatic rings. The topological polar surface area (TPSA) is 68.3 Å². The first-order valence-electron chi connectivity index (χ1n) is 8.27. The normalized spacial score (nSPS) is 10.7. The molecule has 0 aliphatic heterocycles. The van der Waals surface area contributed by atoms with E-state index in [1.807, 2.05) is 54.6 Å². The molecular weight excluding hydrogens is 360 g/mol. The van der Waals surface area contributed by atoms with E-state index in [2.05, 4.69) is 10.3 Å². The van der Waals surface area contributed by atoms with Gasteiger partial charge in [-0.3, -0.25) is 14.9 Å². The molecule has 3 rings (SSSR count). The lowest BCUT2D eigenvalue weighted by atomic mass is 10.1. The molecule has 0 atom stereocenters. The lowest BCUT2D eigenvalue weighted by Crippen LogP contribution is -2.07. The molecule has 0 unspecified atom stereocenters. The van der Waals surface area contributed by atoms with Gasteiger partial charge in [0.1, 0.15) is 5.75 Å². The van der Waals surface area contributed by atoms with E-state index < -0.39 is 0 Å². The summed E-state index contributed by atoms with van der Waals surface area (Å²) in [6.45, 7) is 1.50. The minimum Gasteiger partial charge on any atom is -0.497 e. The van der Waals surface area contributed by atoms with E-state index in [0.717, 1.165) is 16.9 Å². The molecule has 0 saturated carbocycles. The summed E-state index contributed by atoms with van der Waals surface area (Å²) >= 11 is 1.17. The predicted octanol–water partition coefficient (Wildman–Crippen LogP) is 4.67. The third-order valence-electron chi connectivity index (χ3n) is 3.77. The number of hydrogen-bond acceptors (Lipinski definition) is 5. The van der Waals surface area contributed by atoms with Gasteiger partial charge in [0.2, 0.25) is 5.91 Å². The van der Waals surface area contributed by atoms with E-state index in [9.17, 15) is 9.59 Å². The molecule has 27 heavy (non-hydrogen) atoms. The van der Waals surface area contributed by atoms with Crippen LogP contribution < -0.4 is 10.1 Å². The zero-order valence-electron chi connectivity index (χ0n) is 14.9. The third kappa shape index (κ3) is 4.68. The fourth-order valence-corrected chi connectivity index (χ4v) is 3.32. The van der Waals surface area contributed by atoms with E-state index in [1.165, 1.54) is 24.3 Å². The van der Waals surface area contributed by atoms with Crippen molar-refractivity contribution in [1.82, 2.24) is 4.98 Å². The van der Waals surface area contributed by atoms with Crippen LogP contribution in [-0.2, 0) is 4.79 Å². The van der Waals surface area contributed by atoms with E-state index in [0.29, 0.717) is 15.7 Å². The smallest absolute Gasteiger partial charge is 0.250 e. The van der Waals surface area contributed by atoms with Crippen molar-refractivity contribution in [2.75, 3.05) is 12.4 Å². The number of carbonyl (C=O) groups is 2. The number of Topliss-reactive ketones (excluding diaryl/α,β-unsaturated/α-hetero) is 1. The van der Waals surface area contributed by atoms with Crippen molar-refractivity contribution >= 4 is 34.2 Å². The van der Waals surface area contributed by atoms with Crippen molar-refractivity contribution in [3.63, 3.8) is 0 Å². The SMILES string of the molecule is COc1ccc(/C=C/C(=O)Nc2nc(-c3ccccc3)c(C(C)=O)s2)cc1. The number of anilines is 1. The molecule has 1 N–H and O–H groups in total. The molecule has 1 aromatic heterocycles. The number of benzene rings is 2. The third-order valence-corrected chi connectivity index (χ3v) is 4.84. The van der Waals surface area contributed by atoms with Gasteiger partial charge in [0.05, 0.1) is 17.7 Å². The molecule has 0 spiro atoms. The lowest BCUT2D eigenvalue weighted by molar-refractivity contribution is -0.111. The van der Waals surface area contributed by atoms with Crippen LogP contribution in [0, 0.1) is 0 Å². The van der Waals surface area contributed by atoms with Gasteiger partial charge in [0.15, 0.2) is 10.9 Å². The van der Waals surface area contributed by atoms with Crippen molar-refractivity contribution < 1.29 is 14.3 Å². The summed E-state index contributed by atoms with van der Waals surface area (Å²) in [5.74, 6) is 0.361. The highest BCUT2D eigenvalue weighted by Gasteiger charge is 2.17. The number of ether oxygens (including phenoxy) is 1. The van der Waals surface area contributed by atoms with Crippen LogP contribution in [0.1, 0.15) is 22.2 Å². The molecule has 136 valence electrons. The molecule has 6 heteroatoms. The van der Waals surface area contributed by atoms with Gasteiger partial charge in [0.25, 0.3) is 0 Å². The molecule has 0 bridgehead atoms. The van der Waals surface area contributed by atoms with Crippen LogP contribution >= 0.6 is 11.3 Å². The first-order chi connectivity index (χ1) is 13.1. The predicted molar refractivity (Wildman–Crippen MR) is 108 cm³/mol. The quantitative estimate of drug-likeness (QED) is 0.500. The van der Waals surface area contributed by atoms with Gasteiger partial charge in [-0.2, -0.15) is 0 Å². The van der Waals surface area contributed by atoms with Gasteiger partial charge < -0.3 is 4.74 Å². The minimum absolute atomic E-state index is 0.0828. The zero-order chi connectivity index (χ0) is 19.2. The van der Waals surface area contributed by atoms with Gasteiger partial charge in [0, 0.05) is 18.6 Å². The zero-order valence-corrected chi connectivity index (χ0v) is 15.7. The summed E-state index contributed by atoms with van der Waals surface area (Å²) < 4.78 is 5.11. The summed E-state index contributed by atoms with van der Waals surface area (Å²) in [5, 5.41) is 3.12. The van der Waals surface area contributed by atoms with Crippen LogP contribution in [0.25, 0.3) is 17.3 Å². The first-order valence-corrected chi connectivity index (χ1v) is 9.09. The fraction of sp³-hybridized carbons (Fsp3) is 0.0952. The highest BCUT2D eigenvalue weighted by molar-refractivity contribution is 7.18. The van der Waals surface area contributed by atoms with Crippen molar-refractivity contribution in [2.45, 2.75) is 6.92 Å². The lowest BCUT2D eigenvalue weighted by Gasteiger charge is -1.99. The summed E-state index contributed by atoms with van der Waals surface area (Å²) in [7, 11) is 1.60. The number of nitrogens with one attached hydrogen (secondary N) is 1. The maximum Gasteiger partial charge on any atom is 0.250 e. The highest BCUT2D eigenvalue weighted by atomic mass is 32.1. The first kappa shape index (κ1) is 18.5. The second kappa shape index (κ2) is 8.42. The number of nitrogens with zero attached hydrogens (tertiary/aromatic N) is 1. The second-order valence-electron chi connectivity index (χ2n) is 5.71. The number of carbonyl (C=O) groups excluding carboxylic acids is 2. The molecule has 0 aliphatic rings. The van der Waals surface area contributed by atoms with Crippen LogP contribution in [-0.4, -0.2) is 23.8 Å². The summed E-state index contributed by atoms with van der Waals surface area (Å²) in [6, 6.07) is 16.8. The van der Waals surface area contributed by atoms with Crippen molar-refractivity contribution in [3.8, 4) is 17.0 Å². The standard InChI is InChI=1S/C21H18N2O3S/c1-14(24)20-19(16-6-4-3-5-7-16)23-21(27-20)22-18(25)13-10-15-8-11-17(26-2)12-9-15/h3-13H,1-2H3,(H,22,23,25)/b13-10+. The van der Waals surface area contributed by atoms with Gasteiger partial charge in [-0.05, 0) is 23.8 Å². The Bertz CT molecular complexity index is 976. The number of aromatic nitrogens is 1. The summed E-state index contributed by atoms with van der Waals surface area (Å²) in [5.41, 5.74) is 2.30. The van der Waals surface area contributed by atoms with Gasteiger partial charge in [-0.25, -0.2) is 4.98 Å². The van der Waals surface area contributed by atoms with Gasteiger partial charge >= 0.3 is 0 Å². The van der Waals surface area contributed by atoms with E-state index in [4.69, 9.17) is 4.74 Å². The fourth-order valence-electron chi connectivity index (χ4n) is 2.44. The molecule has 0 aliphatic carbocycles. The van der Waals surface area contributed by atoms with Crippen molar-refractivity contribution in [1.29, 1.82) is 0 Å². The number of rotatable bonds is 6.